The first kappa shape index (κ1) is 13.3. The van der Waals surface area contributed by atoms with E-state index in [-0.39, 0.29) is 11.9 Å². The SMILES string of the molecule is C#CC(CC)NC(=O)c1ccc(C(C)C)cc1. The molecule has 0 aromatic heterocycles. The van der Waals surface area contributed by atoms with Gasteiger partial charge in [0, 0.05) is 5.56 Å². The Morgan fingerprint density at radius 1 is 1.35 bits per heavy atom. The van der Waals surface area contributed by atoms with Crippen LogP contribution in [0.1, 0.15) is 49.0 Å². The van der Waals surface area contributed by atoms with Gasteiger partial charge in [-0.3, -0.25) is 4.79 Å². The number of amides is 1. The van der Waals surface area contributed by atoms with Gasteiger partial charge in [-0.1, -0.05) is 38.8 Å². The van der Waals surface area contributed by atoms with Gasteiger partial charge in [0.25, 0.3) is 5.91 Å². The number of nitrogens with one attached hydrogen (secondary N) is 1. The summed E-state index contributed by atoms with van der Waals surface area (Å²) in [6, 6.07) is 7.46. The summed E-state index contributed by atoms with van der Waals surface area (Å²) in [5.74, 6) is 2.92. The highest BCUT2D eigenvalue weighted by atomic mass is 16.1. The molecule has 0 radical (unpaired) electrons. The van der Waals surface area contributed by atoms with Gasteiger partial charge in [0.2, 0.25) is 0 Å². The fourth-order valence-electron chi connectivity index (χ4n) is 1.52. The van der Waals surface area contributed by atoms with Crippen LogP contribution in [0, 0.1) is 12.3 Å². The molecule has 0 saturated carbocycles. The molecule has 0 heterocycles. The van der Waals surface area contributed by atoms with Crippen LogP contribution in [0.15, 0.2) is 24.3 Å². The van der Waals surface area contributed by atoms with Gasteiger partial charge < -0.3 is 5.32 Å². The van der Waals surface area contributed by atoms with Crippen molar-refractivity contribution in [2.45, 2.75) is 39.2 Å². The molecule has 90 valence electrons. The van der Waals surface area contributed by atoms with Crippen LogP contribution in [-0.2, 0) is 0 Å². The van der Waals surface area contributed by atoms with Crippen LogP contribution in [0.25, 0.3) is 0 Å². The minimum atomic E-state index is -0.188. The van der Waals surface area contributed by atoms with Crippen molar-refractivity contribution in [3.63, 3.8) is 0 Å². The zero-order valence-corrected chi connectivity index (χ0v) is 10.7. The molecule has 1 atom stereocenters. The summed E-state index contributed by atoms with van der Waals surface area (Å²) in [5, 5.41) is 2.81. The van der Waals surface area contributed by atoms with E-state index in [0.717, 1.165) is 6.42 Å². The molecule has 0 aliphatic heterocycles. The third kappa shape index (κ3) is 3.64. The Morgan fingerprint density at radius 3 is 2.35 bits per heavy atom. The van der Waals surface area contributed by atoms with E-state index in [1.54, 1.807) is 0 Å². The van der Waals surface area contributed by atoms with E-state index in [9.17, 15) is 4.79 Å². The van der Waals surface area contributed by atoms with E-state index in [4.69, 9.17) is 6.42 Å². The highest BCUT2D eigenvalue weighted by Crippen LogP contribution is 2.14. The van der Waals surface area contributed by atoms with Gasteiger partial charge in [-0.05, 0) is 30.0 Å². The lowest BCUT2D eigenvalue weighted by molar-refractivity contribution is 0.0945. The summed E-state index contributed by atoms with van der Waals surface area (Å²) in [4.78, 5) is 11.8. The number of rotatable bonds is 4. The summed E-state index contributed by atoms with van der Waals surface area (Å²) in [7, 11) is 0. The first-order valence-electron chi connectivity index (χ1n) is 5.95. The van der Waals surface area contributed by atoms with Gasteiger partial charge in [-0.15, -0.1) is 6.42 Å². The van der Waals surface area contributed by atoms with Crippen molar-refractivity contribution in [3.8, 4) is 12.3 Å². The Labute approximate surface area is 103 Å². The van der Waals surface area contributed by atoms with Gasteiger partial charge >= 0.3 is 0 Å². The first-order valence-corrected chi connectivity index (χ1v) is 5.95. The molecule has 2 heteroatoms. The quantitative estimate of drug-likeness (QED) is 0.790. The Kier molecular flexibility index (Phi) is 4.78. The van der Waals surface area contributed by atoms with E-state index in [1.807, 2.05) is 31.2 Å². The smallest absolute Gasteiger partial charge is 0.252 e. The molecule has 1 N–H and O–H groups in total. The summed E-state index contributed by atoms with van der Waals surface area (Å²) in [6.45, 7) is 6.20. The second-order valence-electron chi connectivity index (χ2n) is 4.38. The second kappa shape index (κ2) is 6.10. The van der Waals surface area contributed by atoms with Gasteiger partial charge in [-0.2, -0.15) is 0 Å². The minimum absolute atomic E-state index is 0.106. The average molecular weight is 229 g/mol. The van der Waals surface area contributed by atoms with Crippen LogP contribution >= 0.6 is 0 Å². The molecule has 2 nitrogen and oxygen atoms in total. The number of benzene rings is 1. The molecule has 0 fully saturated rings. The van der Waals surface area contributed by atoms with Crippen molar-refractivity contribution < 1.29 is 4.79 Å². The van der Waals surface area contributed by atoms with Crippen molar-refractivity contribution >= 4 is 5.91 Å². The number of hydrogen-bond donors (Lipinski definition) is 1. The van der Waals surface area contributed by atoms with Crippen molar-refractivity contribution in [1.82, 2.24) is 5.32 Å². The predicted molar refractivity (Wildman–Crippen MR) is 70.9 cm³/mol. The standard InChI is InChI=1S/C15H19NO/c1-5-14(6-2)16-15(17)13-9-7-12(8-10-13)11(3)4/h1,7-11,14H,6H2,2-4H3,(H,16,17). The van der Waals surface area contributed by atoms with Crippen molar-refractivity contribution in [2.75, 3.05) is 0 Å². The zero-order chi connectivity index (χ0) is 12.8. The van der Waals surface area contributed by atoms with Crippen LogP contribution in [-0.4, -0.2) is 11.9 Å². The normalized spacial score (nSPS) is 11.9. The Bertz CT molecular complexity index is 412. The second-order valence-corrected chi connectivity index (χ2v) is 4.38. The lowest BCUT2D eigenvalue weighted by Gasteiger charge is -2.11. The van der Waals surface area contributed by atoms with Crippen LogP contribution in [0.5, 0.6) is 0 Å². The third-order valence-corrected chi connectivity index (χ3v) is 2.75. The maximum atomic E-state index is 11.8. The fourth-order valence-corrected chi connectivity index (χ4v) is 1.52. The third-order valence-electron chi connectivity index (χ3n) is 2.75. The van der Waals surface area contributed by atoms with Gasteiger partial charge in [0.15, 0.2) is 0 Å². The molecule has 0 spiro atoms. The summed E-state index contributed by atoms with van der Waals surface area (Å²) in [5.41, 5.74) is 1.88. The first-order chi connectivity index (χ1) is 8.08. The molecular formula is C15H19NO. The van der Waals surface area contributed by atoms with E-state index in [1.165, 1.54) is 5.56 Å². The molecule has 0 saturated heterocycles. The van der Waals surface area contributed by atoms with Crippen LogP contribution in [0.3, 0.4) is 0 Å². The Morgan fingerprint density at radius 2 is 1.94 bits per heavy atom. The number of carbonyl (C=O) groups excluding carboxylic acids is 1. The van der Waals surface area contributed by atoms with Crippen LogP contribution < -0.4 is 5.32 Å². The monoisotopic (exact) mass is 229 g/mol. The molecule has 1 aromatic rings. The van der Waals surface area contributed by atoms with Gasteiger partial charge in [-0.25, -0.2) is 0 Å². The molecule has 1 unspecified atom stereocenters. The van der Waals surface area contributed by atoms with Crippen LogP contribution in [0.2, 0.25) is 0 Å². The lowest BCUT2D eigenvalue weighted by atomic mass is 10.0. The topological polar surface area (TPSA) is 29.1 Å². The van der Waals surface area contributed by atoms with E-state index < -0.39 is 0 Å². The average Bonchev–Trinajstić information content (AvgIpc) is 2.35. The van der Waals surface area contributed by atoms with E-state index in [2.05, 4.69) is 25.1 Å². The molecule has 0 aliphatic rings. The van der Waals surface area contributed by atoms with E-state index >= 15 is 0 Å². The van der Waals surface area contributed by atoms with Crippen molar-refractivity contribution in [3.05, 3.63) is 35.4 Å². The Balaban J connectivity index is 2.74. The van der Waals surface area contributed by atoms with Crippen LogP contribution in [0.4, 0.5) is 0 Å². The molecule has 0 bridgehead atoms. The highest BCUT2D eigenvalue weighted by molar-refractivity contribution is 5.94. The molecule has 0 aliphatic carbocycles. The predicted octanol–water partition coefficient (Wildman–Crippen LogP) is 2.95. The maximum absolute atomic E-state index is 11.8. The number of carbonyl (C=O) groups is 1. The lowest BCUT2D eigenvalue weighted by Crippen LogP contribution is -2.33. The largest absolute Gasteiger partial charge is 0.338 e. The van der Waals surface area contributed by atoms with Crippen molar-refractivity contribution in [1.29, 1.82) is 0 Å². The highest BCUT2D eigenvalue weighted by Gasteiger charge is 2.09. The van der Waals surface area contributed by atoms with Crippen molar-refractivity contribution in [2.24, 2.45) is 0 Å². The van der Waals surface area contributed by atoms with Gasteiger partial charge in [0.1, 0.15) is 0 Å². The molecule has 1 aromatic carbocycles. The fraction of sp³-hybridized carbons (Fsp3) is 0.400. The molecule has 1 rings (SSSR count). The van der Waals surface area contributed by atoms with Gasteiger partial charge in [0.05, 0.1) is 6.04 Å². The molecular weight excluding hydrogens is 210 g/mol. The summed E-state index contributed by atoms with van der Waals surface area (Å²) in [6.07, 6.45) is 6.05. The summed E-state index contributed by atoms with van der Waals surface area (Å²) >= 11 is 0. The molecule has 17 heavy (non-hydrogen) atoms. The zero-order valence-electron chi connectivity index (χ0n) is 10.7. The number of terminal acetylenes is 1. The minimum Gasteiger partial charge on any atom is -0.338 e. The summed E-state index contributed by atoms with van der Waals surface area (Å²) < 4.78 is 0. The number of hydrogen-bond acceptors (Lipinski definition) is 1. The Hall–Kier alpha value is -1.75. The molecule has 1 amide bonds. The van der Waals surface area contributed by atoms with E-state index in [0.29, 0.717) is 11.5 Å². The maximum Gasteiger partial charge on any atom is 0.252 e.